The minimum Gasteiger partial charge on any atom is -0.507 e. The highest BCUT2D eigenvalue weighted by atomic mass is 16.5. The highest BCUT2D eigenvalue weighted by Gasteiger charge is 2.47. The van der Waals surface area contributed by atoms with Crippen molar-refractivity contribution in [3.63, 3.8) is 0 Å². The van der Waals surface area contributed by atoms with Gasteiger partial charge < -0.3 is 19.5 Å². The second kappa shape index (κ2) is 12.2. The topological polar surface area (TPSA) is 96.4 Å². The quantitative estimate of drug-likeness (QED) is 0.118. The number of ketones is 1. The number of nitrogens with zero attached hydrogens (tertiary/aromatic N) is 2. The fraction of sp³-hybridized carbons (Fsp3) is 0.171. The molecule has 1 aliphatic heterocycles. The Morgan fingerprint density at radius 1 is 0.884 bits per heavy atom. The van der Waals surface area contributed by atoms with Crippen LogP contribution in [0.3, 0.4) is 0 Å². The summed E-state index contributed by atoms with van der Waals surface area (Å²) in [6.07, 6.45) is 0. The Morgan fingerprint density at radius 3 is 2.14 bits per heavy atom. The molecule has 1 amide bonds. The SMILES string of the molecule is COC(=O)c1ccc(N2C(=O)C(=O)/C(=C(\O)c3ccc(OCc4ccccc4)c(C)c3)C2c2ccc(N(C)C)cc2)cc1. The van der Waals surface area contributed by atoms with Crippen molar-refractivity contribution in [3.8, 4) is 5.75 Å². The number of carbonyl (C=O) groups is 3. The number of aliphatic hydroxyl groups excluding tert-OH is 1. The Hall–Kier alpha value is -5.37. The minimum absolute atomic E-state index is 0.0306. The van der Waals surface area contributed by atoms with Crippen LogP contribution in [0.15, 0.2) is 103 Å². The molecule has 1 aliphatic rings. The first-order valence-electron chi connectivity index (χ1n) is 13.7. The maximum absolute atomic E-state index is 13.6. The number of hydrogen-bond acceptors (Lipinski definition) is 7. The van der Waals surface area contributed by atoms with Crippen LogP contribution in [0.4, 0.5) is 11.4 Å². The maximum atomic E-state index is 13.6. The van der Waals surface area contributed by atoms with Gasteiger partial charge in [-0.1, -0.05) is 42.5 Å². The molecule has 0 bridgehead atoms. The Balaban J connectivity index is 1.56. The zero-order chi connectivity index (χ0) is 30.7. The average Bonchev–Trinajstić information content (AvgIpc) is 3.29. The van der Waals surface area contributed by atoms with Crippen LogP contribution >= 0.6 is 0 Å². The van der Waals surface area contributed by atoms with E-state index < -0.39 is 23.7 Å². The summed E-state index contributed by atoms with van der Waals surface area (Å²) in [6.45, 7) is 2.24. The molecule has 1 saturated heterocycles. The molecule has 5 rings (SSSR count). The summed E-state index contributed by atoms with van der Waals surface area (Å²) in [4.78, 5) is 42.4. The van der Waals surface area contributed by atoms with Gasteiger partial charge in [0, 0.05) is 31.0 Å². The molecule has 0 radical (unpaired) electrons. The van der Waals surface area contributed by atoms with Crippen molar-refractivity contribution in [1.29, 1.82) is 0 Å². The molecule has 1 atom stereocenters. The van der Waals surface area contributed by atoms with Gasteiger partial charge in [-0.05, 0) is 78.2 Å². The number of ether oxygens (including phenoxy) is 2. The van der Waals surface area contributed by atoms with Gasteiger partial charge in [-0.25, -0.2) is 4.79 Å². The van der Waals surface area contributed by atoms with Crippen LogP contribution in [0.1, 0.15) is 38.7 Å². The number of aliphatic hydroxyl groups is 1. The Morgan fingerprint density at radius 2 is 1.53 bits per heavy atom. The summed E-state index contributed by atoms with van der Waals surface area (Å²) in [7, 11) is 5.12. The minimum atomic E-state index is -0.908. The number of hydrogen-bond donors (Lipinski definition) is 1. The maximum Gasteiger partial charge on any atom is 0.337 e. The Labute approximate surface area is 250 Å². The summed E-state index contributed by atoms with van der Waals surface area (Å²) < 4.78 is 10.8. The monoisotopic (exact) mass is 576 g/mol. The lowest BCUT2D eigenvalue weighted by Gasteiger charge is -2.26. The number of aryl methyl sites for hydroxylation is 1. The lowest BCUT2D eigenvalue weighted by atomic mass is 9.94. The predicted octanol–water partition coefficient (Wildman–Crippen LogP) is 6.05. The van der Waals surface area contributed by atoms with Crippen molar-refractivity contribution in [1.82, 2.24) is 0 Å². The van der Waals surface area contributed by atoms with E-state index in [0.29, 0.717) is 34.7 Å². The largest absolute Gasteiger partial charge is 0.507 e. The van der Waals surface area contributed by atoms with Gasteiger partial charge in [0.2, 0.25) is 0 Å². The van der Waals surface area contributed by atoms with Gasteiger partial charge in [0.1, 0.15) is 18.1 Å². The van der Waals surface area contributed by atoms with Crippen molar-refractivity contribution < 1.29 is 29.0 Å². The molecular formula is C35H32N2O6. The van der Waals surface area contributed by atoms with Gasteiger partial charge in [-0.3, -0.25) is 14.5 Å². The lowest BCUT2D eigenvalue weighted by Crippen LogP contribution is -2.29. The number of methoxy groups -OCH3 is 1. The van der Waals surface area contributed by atoms with Crippen LogP contribution in [-0.2, 0) is 20.9 Å². The molecule has 0 aliphatic carbocycles. The van der Waals surface area contributed by atoms with Crippen LogP contribution in [0, 0.1) is 6.92 Å². The molecule has 1 N–H and O–H groups in total. The third-order valence-electron chi connectivity index (χ3n) is 7.42. The highest BCUT2D eigenvalue weighted by Crippen LogP contribution is 2.43. The summed E-state index contributed by atoms with van der Waals surface area (Å²) >= 11 is 0. The van der Waals surface area contributed by atoms with E-state index in [1.165, 1.54) is 24.1 Å². The van der Waals surface area contributed by atoms with Crippen molar-refractivity contribution in [2.45, 2.75) is 19.6 Å². The van der Waals surface area contributed by atoms with Gasteiger partial charge in [-0.2, -0.15) is 0 Å². The molecule has 1 heterocycles. The van der Waals surface area contributed by atoms with Gasteiger partial charge in [0.05, 0.1) is 24.3 Å². The Kier molecular flexibility index (Phi) is 8.29. The highest BCUT2D eigenvalue weighted by molar-refractivity contribution is 6.51. The van der Waals surface area contributed by atoms with E-state index in [-0.39, 0.29) is 11.3 Å². The van der Waals surface area contributed by atoms with Crippen LogP contribution < -0.4 is 14.5 Å². The van der Waals surface area contributed by atoms with E-state index in [4.69, 9.17) is 9.47 Å². The van der Waals surface area contributed by atoms with E-state index in [1.807, 2.05) is 80.5 Å². The first-order chi connectivity index (χ1) is 20.7. The van der Waals surface area contributed by atoms with Crippen LogP contribution in [0.25, 0.3) is 5.76 Å². The number of anilines is 2. The first-order valence-corrected chi connectivity index (χ1v) is 13.7. The van der Waals surface area contributed by atoms with Gasteiger partial charge in [0.25, 0.3) is 11.7 Å². The molecule has 0 aromatic heterocycles. The fourth-order valence-electron chi connectivity index (χ4n) is 5.09. The lowest BCUT2D eigenvalue weighted by molar-refractivity contribution is -0.132. The number of benzene rings is 4. The number of rotatable bonds is 8. The molecule has 4 aromatic carbocycles. The van der Waals surface area contributed by atoms with Crippen molar-refractivity contribution >= 4 is 34.8 Å². The molecule has 0 saturated carbocycles. The zero-order valence-corrected chi connectivity index (χ0v) is 24.4. The molecule has 1 unspecified atom stereocenters. The molecule has 8 nitrogen and oxygen atoms in total. The summed E-state index contributed by atoms with van der Waals surface area (Å²) in [5.74, 6) is -1.75. The van der Waals surface area contributed by atoms with Gasteiger partial charge >= 0.3 is 5.97 Å². The standard InChI is InChI=1S/C35H32N2O6/c1-22-20-26(14-19-29(22)43-21-23-8-6-5-7-9-23)32(38)30-31(24-10-15-27(16-11-24)36(2)3)37(34(40)33(30)39)28-17-12-25(13-18-28)35(41)42-4/h5-20,31,38H,21H2,1-4H3/b32-30-. The fourth-order valence-corrected chi connectivity index (χ4v) is 5.09. The van der Waals surface area contributed by atoms with E-state index in [0.717, 1.165) is 16.8 Å². The van der Waals surface area contributed by atoms with Crippen molar-refractivity contribution in [2.24, 2.45) is 0 Å². The van der Waals surface area contributed by atoms with Crippen molar-refractivity contribution in [2.75, 3.05) is 31.0 Å². The summed E-state index contributed by atoms with van der Waals surface area (Å²) in [5, 5.41) is 11.6. The van der Waals surface area contributed by atoms with E-state index in [2.05, 4.69) is 0 Å². The third-order valence-corrected chi connectivity index (χ3v) is 7.42. The molecule has 43 heavy (non-hydrogen) atoms. The predicted molar refractivity (Wildman–Crippen MR) is 165 cm³/mol. The first kappa shape index (κ1) is 29.1. The average molecular weight is 577 g/mol. The Bertz CT molecular complexity index is 1690. The van der Waals surface area contributed by atoms with E-state index in [1.54, 1.807) is 30.3 Å². The van der Waals surface area contributed by atoms with Crippen LogP contribution in [-0.4, -0.2) is 44.0 Å². The van der Waals surface area contributed by atoms with Crippen LogP contribution in [0.2, 0.25) is 0 Å². The van der Waals surface area contributed by atoms with Gasteiger partial charge in [-0.15, -0.1) is 0 Å². The number of esters is 1. The molecule has 218 valence electrons. The van der Waals surface area contributed by atoms with E-state index in [9.17, 15) is 19.5 Å². The second-order valence-electron chi connectivity index (χ2n) is 10.4. The summed E-state index contributed by atoms with van der Waals surface area (Å²) in [6, 6.07) is 27.7. The number of carbonyl (C=O) groups excluding carboxylic acids is 3. The zero-order valence-electron chi connectivity index (χ0n) is 24.4. The smallest absolute Gasteiger partial charge is 0.337 e. The normalized spacial score (nSPS) is 15.8. The number of amides is 1. The molecule has 4 aromatic rings. The molecular weight excluding hydrogens is 544 g/mol. The van der Waals surface area contributed by atoms with Crippen molar-refractivity contribution in [3.05, 3.63) is 130 Å². The molecule has 0 spiro atoms. The second-order valence-corrected chi connectivity index (χ2v) is 10.4. The molecule has 8 heteroatoms. The van der Waals surface area contributed by atoms with Gasteiger partial charge in [0.15, 0.2) is 0 Å². The molecule has 1 fully saturated rings. The third kappa shape index (κ3) is 5.85. The van der Waals surface area contributed by atoms with Crippen LogP contribution in [0.5, 0.6) is 5.75 Å². The number of Topliss-reactive ketones (excluding diaryl/α,β-unsaturated/α-hetero) is 1. The summed E-state index contributed by atoms with van der Waals surface area (Å²) in [5.41, 5.74) is 4.42. The van der Waals surface area contributed by atoms with E-state index >= 15 is 0 Å².